The van der Waals surface area contributed by atoms with Crippen LogP contribution in [-0.4, -0.2) is 87.8 Å². The summed E-state index contributed by atoms with van der Waals surface area (Å²) in [5.74, 6) is 0. The van der Waals surface area contributed by atoms with Crippen LogP contribution in [0.15, 0.2) is 24.3 Å². The molecule has 2 N–H and O–H groups in total. The van der Waals surface area contributed by atoms with E-state index in [9.17, 15) is 9.59 Å². The maximum atomic E-state index is 12.1. The minimum Gasteiger partial charge on any atom is -0.453 e. The minimum atomic E-state index is -0.506. The fourth-order valence-corrected chi connectivity index (χ4v) is 2.15. The van der Waals surface area contributed by atoms with Gasteiger partial charge in [-0.05, 0) is 17.7 Å². The number of carbonyl (C=O) groups excluding carboxylic acids is 2. The summed E-state index contributed by atoms with van der Waals surface area (Å²) in [6, 6.07) is 7.56. The molecule has 1 rings (SSSR count). The number of rotatable bonds is 11. The molecule has 0 radical (unpaired) electrons. The van der Waals surface area contributed by atoms with Gasteiger partial charge in [-0.25, -0.2) is 9.59 Å². The van der Waals surface area contributed by atoms with E-state index in [1.54, 1.807) is 7.05 Å². The number of likely N-dealkylation sites (N-methyl/N-ethyl adjacent to an activating group) is 1. The fourth-order valence-electron chi connectivity index (χ4n) is 2.15. The number of aliphatic hydroxyl groups is 1. The summed E-state index contributed by atoms with van der Waals surface area (Å²) in [6.07, 6.45) is -0.983. The lowest BCUT2D eigenvalue weighted by Gasteiger charge is -2.24. The van der Waals surface area contributed by atoms with Gasteiger partial charge in [-0.1, -0.05) is 12.1 Å². The van der Waals surface area contributed by atoms with Gasteiger partial charge in [0.05, 0.1) is 26.9 Å². The maximum absolute atomic E-state index is 12.1. The third-order valence-electron chi connectivity index (χ3n) is 3.80. The van der Waals surface area contributed by atoms with Crippen molar-refractivity contribution in [3.63, 3.8) is 0 Å². The number of nitrogens with one attached hydrogen (secondary N) is 1. The lowest BCUT2D eigenvalue weighted by atomic mass is 10.2. The molecule has 0 saturated carbocycles. The van der Waals surface area contributed by atoms with Crippen LogP contribution in [0, 0.1) is 0 Å². The van der Waals surface area contributed by atoms with Gasteiger partial charge in [-0.15, -0.1) is 0 Å². The van der Waals surface area contributed by atoms with Crippen molar-refractivity contribution >= 4 is 17.9 Å². The van der Waals surface area contributed by atoms with Crippen molar-refractivity contribution in [1.29, 1.82) is 0 Å². The van der Waals surface area contributed by atoms with Crippen molar-refractivity contribution < 1.29 is 28.9 Å². The van der Waals surface area contributed by atoms with Crippen molar-refractivity contribution in [2.45, 2.75) is 6.61 Å². The van der Waals surface area contributed by atoms with Crippen LogP contribution < -0.4 is 5.32 Å². The molecule has 2 amide bonds. The van der Waals surface area contributed by atoms with Gasteiger partial charge >= 0.3 is 12.2 Å². The highest BCUT2D eigenvalue weighted by Gasteiger charge is 2.17. The first-order valence-corrected chi connectivity index (χ1v) is 8.68. The van der Waals surface area contributed by atoms with Crippen LogP contribution in [0.3, 0.4) is 0 Å². The molecule has 9 nitrogen and oxygen atoms in total. The standard InChI is InChI=1S/C18H29N3O6/c1-19-16-6-4-15(5-7-16)14-27-17(23)20(2)8-9-21(18(24)25-3)10-12-26-13-11-22/h4-7,19,22H,8-14H2,1-3H3. The summed E-state index contributed by atoms with van der Waals surface area (Å²) in [5.41, 5.74) is 1.86. The van der Waals surface area contributed by atoms with E-state index in [4.69, 9.17) is 19.3 Å². The second kappa shape index (κ2) is 12.8. The van der Waals surface area contributed by atoms with Crippen LogP contribution in [0.5, 0.6) is 0 Å². The van der Waals surface area contributed by atoms with Gasteiger partial charge in [-0.3, -0.25) is 0 Å². The summed E-state index contributed by atoms with van der Waals surface area (Å²) < 4.78 is 15.2. The highest BCUT2D eigenvalue weighted by molar-refractivity contribution is 5.68. The van der Waals surface area contributed by atoms with Crippen LogP contribution in [-0.2, 0) is 20.8 Å². The first kappa shape index (κ1) is 22.5. The van der Waals surface area contributed by atoms with Crippen LogP contribution in [0.1, 0.15) is 5.56 Å². The molecule has 0 bridgehead atoms. The number of nitrogens with zero attached hydrogens (tertiary/aromatic N) is 2. The van der Waals surface area contributed by atoms with Crippen molar-refractivity contribution in [3.8, 4) is 0 Å². The monoisotopic (exact) mass is 383 g/mol. The number of methoxy groups -OCH3 is 1. The number of carbonyl (C=O) groups is 2. The van der Waals surface area contributed by atoms with Gasteiger partial charge in [0.25, 0.3) is 0 Å². The number of hydrogen-bond acceptors (Lipinski definition) is 7. The summed E-state index contributed by atoms with van der Waals surface area (Å²) in [5, 5.41) is 11.7. The third-order valence-corrected chi connectivity index (χ3v) is 3.80. The van der Waals surface area contributed by atoms with E-state index in [2.05, 4.69) is 5.32 Å². The molecule has 152 valence electrons. The molecule has 0 spiro atoms. The smallest absolute Gasteiger partial charge is 0.409 e. The number of aliphatic hydroxyl groups excluding tert-OH is 1. The molecule has 9 heteroatoms. The number of hydrogen-bond donors (Lipinski definition) is 2. The lowest BCUT2D eigenvalue weighted by molar-refractivity contribution is 0.0626. The fraction of sp³-hybridized carbons (Fsp3) is 0.556. The zero-order valence-electron chi connectivity index (χ0n) is 16.1. The third kappa shape index (κ3) is 8.61. The van der Waals surface area contributed by atoms with Gasteiger partial charge in [0.1, 0.15) is 6.61 Å². The van der Waals surface area contributed by atoms with Crippen molar-refractivity contribution in [2.75, 3.05) is 66.0 Å². The highest BCUT2D eigenvalue weighted by atomic mass is 16.6. The van der Waals surface area contributed by atoms with Gasteiger partial charge in [0.2, 0.25) is 0 Å². The van der Waals surface area contributed by atoms with Crippen LogP contribution in [0.25, 0.3) is 0 Å². The molecule has 0 aliphatic carbocycles. The molecule has 27 heavy (non-hydrogen) atoms. The van der Waals surface area contributed by atoms with Gasteiger partial charge in [0, 0.05) is 39.4 Å². The van der Waals surface area contributed by atoms with E-state index < -0.39 is 12.2 Å². The van der Waals surface area contributed by atoms with Gasteiger partial charge in [0.15, 0.2) is 0 Å². The highest BCUT2D eigenvalue weighted by Crippen LogP contribution is 2.10. The topological polar surface area (TPSA) is 101 Å². The van der Waals surface area contributed by atoms with E-state index in [1.807, 2.05) is 31.3 Å². The Bertz CT molecular complexity index is 567. The molecular weight excluding hydrogens is 354 g/mol. The molecule has 0 aliphatic heterocycles. The molecule has 0 fully saturated rings. The average Bonchev–Trinajstić information content (AvgIpc) is 2.70. The van der Waals surface area contributed by atoms with Crippen molar-refractivity contribution in [1.82, 2.24) is 9.80 Å². The normalized spacial score (nSPS) is 10.2. The second-order valence-corrected chi connectivity index (χ2v) is 5.72. The Morgan fingerprint density at radius 2 is 1.78 bits per heavy atom. The van der Waals surface area contributed by atoms with Gasteiger partial charge in [-0.2, -0.15) is 0 Å². The Morgan fingerprint density at radius 3 is 2.37 bits per heavy atom. The summed E-state index contributed by atoms with van der Waals surface area (Å²) >= 11 is 0. The summed E-state index contributed by atoms with van der Waals surface area (Å²) in [4.78, 5) is 26.7. The van der Waals surface area contributed by atoms with E-state index in [0.29, 0.717) is 6.54 Å². The largest absolute Gasteiger partial charge is 0.453 e. The number of ether oxygens (including phenoxy) is 3. The summed E-state index contributed by atoms with van der Waals surface area (Å²) in [6.45, 7) is 1.42. The molecular formula is C18H29N3O6. The molecule has 0 aliphatic rings. The molecule has 0 atom stereocenters. The Kier molecular flexibility index (Phi) is 10.7. The second-order valence-electron chi connectivity index (χ2n) is 5.72. The Morgan fingerprint density at radius 1 is 1.07 bits per heavy atom. The first-order valence-electron chi connectivity index (χ1n) is 8.68. The van der Waals surface area contributed by atoms with E-state index >= 15 is 0 Å². The molecule has 0 aromatic heterocycles. The van der Waals surface area contributed by atoms with E-state index in [1.165, 1.54) is 16.9 Å². The van der Waals surface area contributed by atoms with E-state index in [-0.39, 0.29) is 39.5 Å². The lowest BCUT2D eigenvalue weighted by Crippen LogP contribution is -2.41. The maximum Gasteiger partial charge on any atom is 0.409 e. The quantitative estimate of drug-likeness (QED) is 0.557. The van der Waals surface area contributed by atoms with Crippen LogP contribution in [0.2, 0.25) is 0 Å². The summed E-state index contributed by atoms with van der Waals surface area (Å²) in [7, 11) is 4.73. The number of amides is 2. The molecule has 1 aromatic carbocycles. The predicted octanol–water partition coefficient (Wildman–Crippen LogP) is 1.37. The first-order chi connectivity index (χ1) is 13.0. The molecule has 0 unspecified atom stereocenters. The minimum absolute atomic E-state index is 0.0789. The Hall–Kier alpha value is -2.52. The zero-order chi connectivity index (χ0) is 20.1. The van der Waals surface area contributed by atoms with Crippen LogP contribution >= 0.6 is 0 Å². The molecule has 0 heterocycles. The molecule has 1 aromatic rings. The average molecular weight is 383 g/mol. The van der Waals surface area contributed by atoms with Gasteiger partial charge < -0.3 is 34.4 Å². The van der Waals surface area contributed by atoms with Crippen LogP contribution in [0.4, 0.5) is 15.3 Å². The van der Waals surface area contributed by atoms with Crippen molar-refractivity contribution in [3.05, 3.63) is 29.8 Å². The molecule has 0 saturated heterocycles. The predicted molar refractivity (Wildman–Crippen MR) is 101 cm³/mol. The van der Waals surface area contributed by atoms with E-state index in [0.717, 1.165) is 11.3 Å². The Balaban J connectivity index is 2.40. The zero-order valence-corrected chi connectivity index (χ0v) is 16.1. The van der Waals surface area contributed by atoms with Crippen molar-refractivity contribution in [2.24, 2.45) is 0 Å². The number of benzene rings is 1. The number of anilines is 1. The SMILES string of the molecule is CNc1ccc(COC(=O)N(C)CCN(CCOCCO)C(=O)OC)cc1. The Labute approximate surface area is 159 Å².